The molecule has 0 radical (unpaired) electrons. The summed E-state index contributed by atoms with van der Waals surface area (Å²) in [6.45, 7) is 5.94. The molecule has 1 aromatic rings. The molecular formula is C16H26N2O4S. The summed E-state index contributed by atoms with van der Waals surface area (Å²) < 4.78 is 28.1. The second-order valence-corrected chi connectivity index (χ2v) is 7.50. The molecule has 1 aromatic carbocycles. The summed E-state index contributed by atoms with van der Waals surface area (Å²) in [5.74, 6) is 0.181. The normalized spacial score (nSPS) is 12.6. The van der Waals surface area contributed by atoms with Crippen LogP contribution in [0.15, 0.2) is 24.3 Å². The first kappa shape index (κ1) is 19.3. The summed E-state index contributed by atoms with van der Waals surface area (Å²) in [6.07, 6.45) is 0.833. The van der Waals surface area contributed by atoms with Gasteiger partial charge in [0, 0.05) is 26.7 Å². The van der Waals surface area contributed by atoms with E-state index in [2.05, 4.69) is 0 Å². The highest BCUT2D eigenvalue weighted by Crippen LogP contribution is 2.19. The molecule has 0 aliphatic heterocycles. The first-order valence-electron chi connectivity index (χ1n) is 7.69. The van der Waals surface area contributed by atoms with Crippen molar-refractivity contribution in [2.45, 2.75) is 39.8 Å². The van der Waals surface area contributed by atoms with Gasteiger partial charge >= 0.3 is 16.1 Å². The van der Waals surface area contributed by atoms with E-state index in [0.717, 1.165) is 12.0 Å². The number of carbonyl (C=O) groups is 1. The van der Waals surface area contributed by atoms with E-state index in [-0.39, 0.29) is 23.6 Å². The van der Waals surface area contributed by atoms with Gasteiger partial charge in [-0.05, 0) is 38.0 Å². The molecule has 0 bridgehead atoms. The molecule has 6 nitrogen and oxygen atoms in total. The van der Waals surface area contributed by atoms with Crippen LogP contribution in [0.5, 0.6) is 5.75 Å². The minimum atomic E-state index is -3.56. The average Bonchev–Trinajstić information content (AvgIpc) is 2.51. The van der Waals surface area contributed by atoms with Gasteiger partial charge in [-0.2, -0.15) is 8.42 Å². The highest BCUT2D eigenvalue weighted by Gasteiger charge is 2.21. The molecule has 0 aromatic heterocycles. The van der Waals surface area contributed by atoms with Gasteiger partial charge < -0.3 is 14.0 Å². The van der Waals surface area contributed by atoms with Crippen LogP contribution in [0, 0.1) is 0 Å². The molecule has 1 atom stereocenters. The third-order valence-corrected chi connectivity index (χ3v) is 4.73. The van der Waals surface area contributed by atoms with Gasteiger partial charge in [0.25, 0.3) is 0 Å². The molecule has 7 heteroatoms. The molecule has 2 amide bonds. The zero-order valence-corrected chi connectivity index (χ0v) is 15.3. The first-order valence-corrected chi connectivity index (χ1v) is 9.27. The number of urea groups is 1. The second-order valence-electron chi connectivity index (χ2n) is 5.64. The summed E-state index contributed by atoms with van der Waals surface area (Å²) >= 11 is 0. The van der Waals surface area contributed by atoms with Crippen molar-refractivity contribution in [2.24, 2.45) is 0 Å². The number of benzene rings is 1. The van der Waals surface area contributed by atoms with E-state index < -0.39 is 10.1 Å². The molecule has 1 rings (SSSR count). The van der Waals surface area contributed by atoms with Crippen molar-refractivity contribution in [1.82, 2.24) is 9.80 Å². The first-order chi connectivity index (χ1) is 10.7. The van der Waals surface area contributed by atoms with Crippen molar-refractivity contribution in [3.05, 3.63) is 29.8 Å². The van der Waals surface area contributed by atoms with Gasteiger partial charge in [-0.25, -0.2) is 4.79 Å². The molecule has 0 aliphatic rings. The number of nitrogens with zero attached hydrogens (tertiary/aromatic N) is 2. The predicted molar refractivity (Wildman–Crippen MR) is 90.9 cm³/mol. The maximum absolute atomic E-state index is 12.3. The van der Waals surface area contributed by atoms with E-state index in [1.54, 1.807) is 37.2 Å². The molecule has 0 spiro atoms. The van der Waals surface area contributed by atoms with E-state index in [4.69, 9.17) is 4.18 Å². The second kappa shape index (κ2) is 8.19. The monoisotopic (exact) mass is 342 g/mol. The van der Waals surface area contributed by atoms with Gasteiger partial charge in [0.15, 0.2) is 0 Å². The van der Waals surface area contributed by atoms with Gasteiger partial charge in [0.1, 0.15) is 5.75 Å². The lowest BCUT2D eigenvalue weighted by Gasteiger charge is -2.31. The lowest BCUT2D eigenvalue weighted by molar-refractivity contribution is 0.148. The summed E-state index contributed by atoms with van der Waals surface area (Å²) in [4.78, 5) is 15.6. The fraction of sp³-hybridized carbons (Fsp3) is 0.562. The fourth-order valence-corrected chi connectivity index (χ4v) is 2.50. The summed E-state index contributed by atoms with van der Waals surface area (Å²) in [5.41, 5.74) is 0.823. The lowest BCUT2D eigenvalue weighted by Crippen LogP contribution is -2.43. The van der Waals surface area contributed by atoms with Crippen molar-refractivity contribution >= 4 is 16.1 Å². The van der Waals surface area contributed by atoms with Crippen LogP contribution in [-0.2, 0) is 16.7 Å². The van der Waals surface area contributed by atoms with Crippen LogP contribution in [-0.4, -0.2) is 50.1 Å². The maximum Gasteiger partial charge on any atom is 0.320 e. The van der Waals surface area contributed by atoms with E-state index in [9.17, 15) is 13.2 Å². The van der Waals surface area contributed by atoms with Crippen LogP contribution < -0.4 is 4.18 Å². The summed E-state index contributed by atoms with van der Waals surface area (Å²) in [7, 11) is -0.131. The Hall–Kier alpha value is -1.76. The number of hydrogen-bond donors (Lipinski definition) is 0. The van der Waals surface area contributed by atoms with Crippen molar-refractivity contribution in [3.8, 4) is 5.75 Å². The van der Waals surface area contributed by atoms with Crippen molar-refractivity contribution in [1.29, 1.82) is 0 Å². The van der Waals surface area contributed by atoms with Gasteiger partial charge in [-0.3, -0.25) is 0 Å². The lowest BCUT2D eigenvalue weighted by atomic mass is 10.1. The van der Waals surface area contributed by atoms with E-state index >= 15 is 0 Å². The van der Waals surface area contributed by atoms with Crippen molar-refractivity contribution < 1.29 is 17.4 Å². The average molecular weight is 342 g/mol. The Morgan fingerprint density at radius 1 is 1.26 bits per heavy atom. The minimum Gasteiger partial charge on any atom is -0.382 e. The SMILES string of the molecule is CCC(C)N(Cc1cccc(OS(=O)(=O)CC)c1)C(=O)N(C)C. The van der Waals surface area contributed by atoms with Crippen molar-refractivity contribution in [2.75, 3.05) is 19.8 Å². The molecule has 0 fully saturated rings. The third kappa shape index (κ3) is 5.74. The molecule has 1 unspecified atom stereocenters. The fourth-order valence-electron chi connectivity index (χ4n) is 1.99. The number of hydrogen-bond acceptors (Lipinski definition) is 4. The molecule has 0 heterocycles. The van der Waals surface area contributed by atoms with Crippen molar-refractivity contribution in [3.63, 3.8) is 0 Å². The van der Waals surface area contributed by atoms with Gasteiger partial charge in [0.2, 0.25) is 0 Å². The van der Waals surface area contributed by atoms with E-state index in [1.165, 1.54) is 11.8 Å². The molecule has 23 heavy (non-hydrogen) atoms. The Bertz CT molecular complexity index is 629. The Morgan fingerprint density at radius 3 is 2.43 bits per heavy atom. The largest absolute Gasteiger partial charge is 0.382 e. The highest BCUT2D eigenvalue weighted by molar-refractivity contribution is 7.87. The van der Waals surface area contributed by atoms with Crippen LogP contribution >= 0.6 is 0 Å². The third-order valence-electron chi connectivity index (χ3n) is 3.58. The van der Waals surface area contributed by atoms with E-state index in [1.807, 2.05) is 19.9 Å². The summed E-state index contributed by atoms with van der Waals surface area (Å²) in [6, 6.07) is 6.83. The topological polar surface area (TPSA) is 66.9 Å². The number of rotatable bonds is 7. The molecule has 0 saturated carbocycles. The van der Waals surface area contributed by atoms with Crippen LogP contribution in [0.3, 0.4) is 0 Å². The molecule has 0 saturated heterocycles. The van der Waals surface area contributed by atoms with Crippen LogP contribution in [0.25, 0.3) is 0 Å². The van der Waals surface area contributed by atoms with Gasteiger partial charge in [-0.15, -0.1) is 0 Å². The summed E-state index contributed by atoms with van der Waals surface area (Å²) in [5, 5.41) is 0. The Morgan fingerprint density at radius 2 is 1.91 bits per heavy atom. The zero-order valence-electron chi connectivity index (χ0n) is 14.4. The predicted octanol–water partition coefficient (Wildman–Crippen LogP) is 2.70. The molecule has 0 aliphatic carbocycles. The van der Waals surface area contributed by atoms with E-state index in [0.29, 0.717) is 6.54 Å². The smallest absolute Gasteiger partial charge is 0.320 e. The van der Waals surface area contributed by atoms with Crippen LogP contribution in [0.2, 0.25) is 0 Å². The minimum absolute atomic E-state index is 0.0770. The maximum atomic E-state index is 12.3. The standard InChI is InChI=1S/C16H26N2O4S/c1-6-13(3)18(16(19)17(4)5)12-14-9-8-10-15(11-14)22-23(20,21)7-2/h8-11,13H,6-7,12H2,1-5H3. The molecule has 0 N–H and O–H groups in total. The number of carbonyl (C=O) groups excluding carboxylic acids is 1. The van der Waals surface area contributed by atoms with Gasteiger partial charge in [0.05, 0.1) is 5.75 Å². The van der Waals surface area contributed by atoms with Crippen LogP contribution in [0.1, 0.15) is 32.8 Å². The van der Waals surface area contributed by atoms with Crippen LogP contribution in [0.4, 0.5) is 4.79 Å². The van der Waals surface area contributed by atoms with Gasteiger partial charge in [-0.1, -0.05) is 19.1 Å². The Balaban J connectivity index is 2.99. The number of amides is 2. The Kier molecular flexibility index (Phi) is 6.87. The zero-order chi connectivity index (χ0) is 17.6. The molecule has 130 valence electrons. The molecular weight excluding hydrogens is 316 g/mol. The highest BCUT2D eigenvalue weighted by atomic mass is 32.2. The Labute approximate surface area is 139 Å². The quantitative estimate of drug-likeness (QED) is 0.715.